The van der Waals surface area contributed by atoms with E-state index in [1.165, 1.54) is 10.6 Å². The molecule has 0 radical (unpaired) electrons. The Morgan fingerprint density at radius 2 is 2.00 bits per heavy atom. The summed E-state index contributed by atoms with van der Waals surface area (Å²) in [5.41, 5.74) is 1.26. The van der Waals surface area contributed by atoms with Crippen LogP contribution < -0.4 is 10.3 Å². The van der Waals surface area contributed by atoms with Gasteiger partial charge in [-0.2, -0.15) is 0 Å². The fraction of sp³-hybridized carbons (Fsp3) is 0.0625. The summed E-state index contributed by atoms with van der Waals surface area (Å²) in [6.45, 7) is 0.270. The van der Waals surface area contributed by atoms with Gasteiger partial charge in [-0.3, -0.25) is 14.3 Å². The van der Waals surface area contributed by atoms with E-state index in [1.807, 2.05) is 12.1 Å². The lowest BCUT2D eigenvalue weighted by Crippen LogP contribution is -2.17. The van der Waals surface area contributed by atoms with Crippen LogP contribution in [0.1, 0.15) is 5.69 Å². The monoisotopic (exact) mass is 439 g/mol. The second kappa shape index (κ2) is 7.10. The normalized spacial score (nSPS) is 10.5. The Bertz CT molecular complexity index is 864. The number of hydrogen-bond acceptors (Lipinski definition) is 4. The summed E-state index contributed by atoms with van der Waals surface area (Å²) in [4.78, 5) is 20.5. The first-order valence-electron chi connectivity index (χ1n) is 6.70. The molecule has 0 saturated heterocycles. The van der Waals surface area contributed by atoms with Crippen molar-refractivity contribution in [3.8, 4) is 11.4 Å². The maximum atomic E-state index is 12.2. The molecular formula is C16H11ClIN3O2. The van der Waals surface area contributed by atoms with Crippen molar-refractivity contribution in [2.45, 2.75) is 6.61 Å². The van der Waals surface area contributed by atoms with Crippen LogP contribution in [0.2, 0.25) is 5.02 Å². The van der Waals surface area contributed by atoms with Crippen LogP contribution in [-0.2, 0) is 6.61 Å². The third-order valence-corrected chi connectivity index (χ3v) is 3.92. The Kier molecular flexibility index (Phi) is 4.92. The van der Waals surface area contributed by atoms with Crippen LogP contribution >= 0.6 is 34.2 Å². The summed E-state index contributed by atoms with van der Waals surface area (Å²) in [7, 11) is 0. The first-order chi connectivity index (χ1) is 11.1. The molecule has 0 aliphatic rings. The molecule has 3 heterocycles. The van der Waals surface area contributed by atoms with Crippen LogP contribution in [0.4, 0.5) is 0 Å². The van der Waals surface area contributed by atoms with Crippen molar-refractivity contribution in [1.29, 1.82) is 0 Å². The molecule has 0 aliphatic heterocycles. The van der Waals surface area contributed by atoms with Gasteiger partial charge in [0.15, 0.2) is 0 Å². The van der Waals surface area contributed by atoms with E-state index in [4.69, 9.17) is 16.3 Å². The van der Waals surface area contributed by atoms with Crippen molar-refractivity contribution < 1.29 is 4.74 Å². The number of ether oxygens (including phenoxy) is 1. The van der Waals surface area contributed by atoms with Gasteiger partial charge in [0.05, 0.1) is 22.6 Å². The van der Waals surface area contributed by atoms with E-state index >= 15 is 0 Å². The minimum absolute atomic E-state index is 0.186. The topological polar surface area (TPSA) is 57.0 Å². The van der Waals surface area contributed by atoms with Crippen molar-refractivity contribution in [1.82, 2.24) is 14.5 Å². The van der Waals surface area contributed by atoms with Gasteiger partial charge in [0.25, 0.3) is 5.56 Å². The highest BCUT2D eigenvalue weighted by molar-refractivity contribution is 14.1. The molecule has 3 rings (SSSR count). The molecule has 3 aromatic heterocycles. The molecule has 0 bridgehead atoms. The van der Waals surface area contributed by atoms with Gasteiger partial charge in [-0.05, 0) is 52.9 Å². The lowest BCUT2D eigenvalue weighted by Gasteiger charge is -2.08. The molecule has 0 fully saturated rings. The van der Waals surface area contributed by atoms with Crippen LogP contribution in [0, 0.1) is 3.70 Å². The summed E-state index contributed by atoms with van der Waals surface area (Å²) in [5, 5.41) is 0.572. The first kappa shape index (κ1) is 15.9. The molecule has 23 heavy (non-hydrogen) atoms. The zero-order valence-electron chi connectivity index (χ0n) is 11.8. The van der Waals surface area contributed by atoms with Crippen molar-refractivity contribution >= 4 is 34.2 Å². The summed E-state index contributed by atoms with van der Waals surface area (Å²) in [5.74, 6) is 0.487. The zero-order valence-corrected chi connectivity index (χ0v) is 14.7. The molecule has 0 spiro atoms. The van der Waals surface area contributed by atoms with Crippen LogP contribution in [0.25, 0.3) is 5.69 Å². The van der Waals surface area contributed by atoms with Crippen molar-refractivity contribution in [2.75, 3.05) is 0 Å². The molecule has 0 amide bonds. The highest BCUT2D eigenvalue weighted by Gasteiger charge is 2.03. The maximum absolute atomic E-state index is 12.2. The van der Waals surface area contributed by atoms with Gasteiger partial charge in [-0.25, -0.2) is 4.98 Å². The number of halogens is 2. The second-order valence-electron chi connectivity index (χ2n) is 4.67. The van der Waals surface area contributed by atoms with Crippen LogP contribution in [0.3, 0.4) is 0 Å². The molecule has 7 heteroatoms. The predicted octanol–water partition coefficient (Wildman–Crippen LogP) is 3.46. The van der Waals surface area contributed by atoms with Gasteiger partial charge in [-0.15, -0.1) is 0 Å². The van der Waals surface area contributed by atoms with E-state index < -0.39 is 0 Å². The predicted molar refractivity (Wildman–Crippen MR) is 96.1 cm³/mol. The standard InChI is InChI=1S/C16H11ClIN3O2/c17-11-1-2-12(19-8-11)10-23-14-5-6-21(16(22)7-14)13-3-4-15(18)20-9-13/h1-9H,10H2. The molecule has 0 saturated carbocycles. The lowest BCUT2D eigenvalue weighted by atomic mass is 10.3. The fourth-order valence-electron chi connectivity index (χ4n) is 1.92. The van der Waals surface area contributed by atoms with Crippen LogP contribution in [0.15, 0.2) is 59.8 Å². The van der Waals surface area contributed by atoms with Gasteiger partial charge in [0, 0.05) is 18.5 Å². The molecule has 3 aromatic rings. The quantitative estimate of drug-likeness (QED) is 0.461. The van der Waals surface area contributed by atoms with E-state index in [2.05, 4.69) is 32.6 Å². The molecular weight excluding hydrogens is 429 g/mol. The largest absolute Gasteiger partial charge is 0.487 e. The Morgan fingerprint density at radius 3 is 2.65 bits per heavy atom. The number of aromatic nitrogens is 3. The van der Waals surface area contributed by atoms with E-state index in [-0.39, 0.29) is 12.2 Å². The van der Waals surface area contributed by atoms with Gasteiger partial charge in [0.1, 0.15) is 16.1 Å². The second-order valence-corrected chi connectivity index (χ2v) is 6.21. The van der Waals surface area contributed by atoms with Crippen LogP contribution in [-0.4, -0.2) is 14.5 Å². The minimum atomic E-state index is -0.186. The van der Waals surface area contributed by atoms with Gasteiger partial charge in [-0.1, -0.05) is 11.6 Å². The number of pyridine rings is 3. The first-order valence-corrected chi connectivity index (χ1v) is 8.15. The summed E-state index contributed by atoms with van der Waals surface area (Å²) < 4.78 is 7.97. The molecule has 0 aliphatic carbocycles. The molecule has 0 N–H and O–H groups in total. The number of rotatable bonds is 4. The summed E-state index contributed by atoms with van der Waals surface area (Å²) in [6, 6.07) is 10.4. The summed E-state index contributed by atoms with van der Waals surface area (Å²) >= 11 is 7.90. The SMILES string of the molecule is O=c1cc(OCc2ccc(Cl)cn2)ccn1-c1ccc(I)nc1. The van der Waals surface area contributed by atoms with Crippen molar-refractivity contribution in [2.24, 2.45) is 0 Å². The molecule has 0 atom stereocenters. The fourth-order valence-corrected chi connectivity index (χ4v) is 2.35. The average molecular weight is 440 g/mol. The molecule has 0 aromatic carbocycles. The van der Waals surface area contributed by atoms with E-state index in [0.717, 1.165) is 9.39 Å². The number of hydrogen-bond donors (Lipinski definition) is 0. The van der Waals surface area contributed by atoms with Gasteiger partial charge in [0.2, 0.25) is 0 Å². The average Bonchev–Trinajstić information content (AvgIpc) is 2.55. The Balaban J connectivity index is 1.75. The Morgan fingerprint density at radius 1 is 1.13 bits per heavy atom. The minimum Gasteiger partial charge on any atom is -0.487 e. The molecule has 116 valence electrons. The Hall–Kier alpha value is -1.93. The third-order valence-electron chi connectivity index (χ3n) is 3.06. The van der Waals surface area contributed by atoms with Gasteiger partial charge < -0.3 is 4.74 Å². The zero-order chi connectivity index (χ0) is 16.2. The maximum Gasteiger partial charge on any atom is 0.258 e. The molecule has 5 nitrogen and oxygen atoms in total. The van der Waals surface area contributed by atoms with E-state index in [9.17, 15) is 4.79 Å². The smallest absolute Gasteiger partial charge is 0.258 e. The van der Waals surface area contributed by atoms with Crippen molar-refractivity contribution in [3.63, 3.8) is 0 Å². The van der Waals surface area contributed by atoms with E-state index in [0.29, 0.717) is 16.5 Å². The highest BCUT2D eigenvalue weighted by atomic mass is 127. The van der Waals surface area contributed by atoms with E-state index in [1.54, 1.807) is 36.8 Å². The lowest BCUT2D eigenvalue weighted by molar-refractivity contribution is 0.300. The summed E-state index contributed by atoms with van der Waals surface area (Å²) in [6.07, 6.45) is 4.88. The molecule has 0 unspecified atom stereocenters. The van der Waals surface area contributed by atoms with Crippen LogP contribution in [0.5, 0.6) is 5.75 Å². The Labute approximate surface area is 151 Å². The van der Waals surface area contributed by atoms with Crippen molar-refractivity contribution in [3.05, 3.63) is 79.8 Å². The van der Waals surface area contributed by atoms with Gasteiger partial charge >= 0.3 is 0 Å². The highest BCUT2D eigenvalue weighted by Crippen LogP contribution is 2.13. The third kappa shape index (κ3) is 4.08. The number of nitrogens with zero attached hydrogens (tertiary/aromatic N) is 3.